The molecule has 0 atom stereocenters. The summed E-state index contributed by atoms with van der Waals surface area (Å²) in [5.74, 6) is 0.451. The molecular weight excluding hydrogens is 270 g/mol. The van der Waals surface area contributed by atoms with Gasteiger partial charge in [0.05, 0.1) is 19.6 Å². The molecule has 3 aromatic rings. The molecule has 106 valence electrons. The van der Waals surface area contributed by atoms with Crippen LogP contribution in [0.1, 0.15) is 0 Å². The lowest BCUT2D eigenvalue weighted by molar-refractivity contribution is 0.402. The smallest absolute Gasteiger partial charge is 0.295 e. The zero-order valence-electron chi connectivity index (χ0n) is 11.3. The maximum absolute atomic E-state index is 11.7. The monoisotopic (exact) mass is 283 g/mol. The minimum absolute atomic E-state index is 0.115. The van der Waals surface area contributed by atoms with E-state index >= 15 is 0 Å². The number of H-pyrrole nitrogens is 1. The van der Waals surface area contributed by atoms with Gasteiger partial charge in [-0.1, -0.05) is 12.1 Å². The van der Waals surface area contributed by atoms with Crippen molar-refractivity contribution in [3.63, 3.8) is 0 Å². The first kappa shape index (κ1) is 12.9. The molecule has 0 bridgehead atoms. The topological polar surface area (TPSA) is 98.8 Å². The van der Waals surface area contributed by atoms with Gasteiger partial charge in [-0.2, -0.15) is 5.10 Å². The number of benzene rings is 1. The second kappa shape index (κ2) is 5.12. The number of nitrogens with one attached hydrogen (secondary N) is 1. The molecule has 7 heteroatoms. The lowest BCUT2D eigenvalue weighted by atomic mass is 10.1. The summed E-state index contributed by atoms with van der Waals surface area (Å²) in [6, 6.07) is 7.44. The van der Waals surface area contributed by atoms with Crippen LogP contribution < -0.4 is 16.0 Å². The van der Waals surface area contributed by atoms with E-state index in [9.17, 15) is 4.79 Å². The van der Waals surface area contributed by atoms with E-state index in [4.69, 9.17) is 10.5 Å². The first-order valence-corrected chi connectivity index (χ1v) is 6.21. The first-order chi connectivity index (χ1) is 10.2. The van der Waals surface area contributed by atoms with E-state index in [1.54, 1.807) is 12.4 Å². The average Bonchev–Trinajstić information content (AvgIpc) is 2.97. The van der Waals surface area contributed by atoms with Crippen LogP contribution in [0.5, 0.6) is 5.75 Å². The molecule has 3 rings (SSSR count). The van der Waals surface area contributed by atoms with E-state index < -0.39 is 0 Å². The molecule has 0 aliphatic heterocycles. The number of nitrogens with two attached hydrogens (primary N) is 1. The summed E-state index contributed by atoms with van der Waals surface area (Å²) in [4.78, 5) is 18.2. The predicted molar refractivity (Wildman–Crippen MR) is 78.4 cm³/mol. The molecule has 7 nitrogen and oxygen atoms in total. The molecule has 0 spiro atoms. The highest BCUT2D eigenvalue weighted by atomic mass is 16.5. The molecule has 2 aromatic heterocycles. The summed E-state index contributed by atoms with van der Waals surface area (Å²) in [5, 5.41) is 4.23. The van der Waals surface area contributed by atoms with Crippen LogP contribution in [0, 0.1) is 0 Å². The minimum atomic E-state index is -0.355. The van der Waals surface area contributed by atoms with Crippen molar-refractivity contribution in [2.24, 2.45) is 0 Å². The lowest BCUT2D eigenvalue weighted by Crippen LogP contribution is -2.14. The Morgan fingerprint density at radius 2 is 2.00 bits per heavy atom. The Bertz CT molecular complexity index is 820. The number of methoxy groups -OCH3 is 1. The molecule has 2 heterocycles. The van der Waals surface area contributed by atoms with Crippen LogP contribution in [0.15, 0.2) is 47.8 Å². The fraction of sp³-hybridized carbons (Fsp3) is 0.0714. The van der Waals surface area contributed by atoms with Crippen molar-refractivity contribution < 1.29 is 4.74 Å². The molecular formula is C14H13N5O2. The third-order valence-electron chi connectivity index (χ3n) is 3.04. The molecule has 1 aromatic carbocycles. The number of aromatic nitrogens is 4. The normalized spacial score (nSPS) is 10.5. The van der Waals surface area contributed by atoms with E-state index in [0.29, 0.717) is 11.5 Å². The number of ether oxygens (including phenoxy) is 1. The maximum Gasteiger partial charge on any atom is 0.295 e. The summed E-state index contributed by atoms with van der Waals surface area (Å²) in [6.07, 6.45) is 4.77. The summed E-state index contributed by atoms with van der Waals surface area (Å²) in [7, 11) is 1.42. The quantitative estimate of drug-likeness (QED) is 0.704. The molecule has 3 N–H and O–H groups in total. The highest BCUT2D eigenvalue weighted by molar-refractivity contribution is 5.64. The zero-order chi connectivity index (χ0) is 14.8. The van der Waals surface area contributed by atoms with E-state index in [1.807, 2.05) is 24.3 Å². The number of aromatic amines is 1. The fourth-order valence-electron chi connectivity index (χ4n) is 1.99. The van der Waals surface area contributed by atoms with Gasteiger partial charge in [-0.15, -0.1) is 0 Å². The Kier molecular flexibility index (Phi) is 3.15. The lowest BCUT2D eigenvalue weighted by Gasteiger charge is -2.05. The van der Waals surface area contributed by atoms with E-state index in [0.717, 1.165) is 11.1 Å². The second-order valence-corrected chi connectivity index (χ2v) is 4.38. The van der Waals surface area contributed by atoms with Crippen LogP contribution in [-0.2, 0) is 0 Å². The fourth-order valence-corrected chi connectivity index (χ4v) is 1.99. The van der Waals surface area contributed by atoms with E-state index in [1.165, 1.54) is 18.1 Å². The molecule has 0 aliphatic rings. The number of anilines is 1. The number of nitrogens with zero attached hydrogens (tertiary/aromatic N) is 3. The van der Waals surface area contributed by atoms with Gasteiger partial charge in [0, 0.05) is 17.4 Å². The molecule has 0 saturated heterocycles. The Morgan fingerprint density at radius 3 is 2.71 bits per heavy atom. The molecule has 0 aliphatic carbocycles. The van der Waals surface area contributed by atoms with Crippen molar-refractivity contribution in [1.29, 1.82) is 0 Å². The first-order valence-electron chi connectivity index (χ1n) is 6.21. The Labute approximate surface area is 120 Å². The van der Waals surface area contributed by atoms with Crippen molar-refractivity contribution in [3.8, 4) is 22.7 Å². The highest BCUT2D eigenvalue weighted by Crippen LogP contribution is 2.22. The van der Waals surface area contributed by atoms with Gasteiger partial charge in [0.2, 0.25) is 11.6 Å². The van der Waals surface area contributed by atoms with Crippen molar-refractivity contribution >= 4 is 5.69 Å². The largest absolute Gasteiger partial charge is 0.488 e. The van der Waals surface area contributed by atoms with Gasteiger partial charge in [0.15, 0.2) is 0 Å². The van der Waals surface area contributed by atoms with Crippen LogP contribution in [0.3, 0.4) is 0 Å². The van der Waals surface area contributed by atoms with Crippen LogP contribution in [0.4, 0.5) is 5.69 Å². The van der Waals surface area contributed by atoms with Gasteiger partial charge in [-0.3, -0.25) is 4.79 Å². The zero-order valence-corrected chi connectivity index (χ0v) is 11.3. The molecule has 0 saturated carbocycles. The molecule has 0 unspecified atom stereocenters. The van der Waals surface area contributed by atoms with Crippen LogP contribution >= 0.6 is 0 Å². The van der Waals surface area contributed by atoms with Gasteiger partial charge in [0.25, 0.3) is 5.56 Å². The molecule has 0 fully saturated rings. The molecule has 0 radical (unpaired) electrons. The highest BCUT2D eigenvalue weighted by Gasteiger charge is 2.12. The Hall–Kier alpha value is -3.09. The number of hydrogen-bond donors (Lipinski definition) is 2. The average molecular weight is 283 g/mol. The summed E-state index contributed by atoms with van der Waals surface area (Å²) < 4.78 is 6.58. The van der Waals surface area contributed by atoms with Gasteiger partial charge < -0.3 is 15.5 Å². The maximum atomic E-state index is 11.7. The van der Waals surface area contributed by atoms with Crippen molar-refractivity contribution in [1.82, 2.24) is 19.7 Å². The number of hydrogen-bond acceptors (Lipinski definition) is 5. The van der Waals surface area contributed by atoms with Gasteiger partial charge in [-0.05, 0) is 17.7 Å². The van der Waals surface area contributed by atoms with E-state index in [-0.39, 0.29) is 11.3 Å². The number of nitrogen functional groups attached to an aromatic ring is 1. The standard InChI is InChI=1S/C14H13N5O2/c1-21-12-13(16-8-17-14(12)20)19-7-10(6-18-19)9-2-4-11(15)5-3-9/h2-8H,15H2,1H3,(H,16,17,20). The number of rotatable bonds is 3. The van der Waals surface area contributed by atoms with Crippen LogP contribution in [0.2, 0.25) is 0 Å². The van der Waals surface area contributed by atoms with Crippen LogP contribution in [-0.4, -0.2) is 26.9 Å². The Morgan fingerprint density at radius 1 is 1.24 bits per heavy atom. The Balaban J connectivity index is 2.05. The van der Waals surface area contributed by atoms with E-state index in [2.05, 4.69) is 15.1 Å². The van der Waals surface area contributed by atoms with Gasteiger partial charge in [-0.25, -0.2) is 9.67 Å². The summed E-state index contributed by atoms with van der Waals surface area (Å²) in [6.45, 7) is 0. The minimum Gasteiger partial charge on any atom is -0.488 e. The van der Waals surface area contributed by atoms with Crippen molar-refractivity contribution in [3.05, 3.63) is 53.3 Å². The van der Waals surface area contributed by atoms with Crippen molar-refractivity contribution in [2.75, 3.05) is 12.8 Å². The summed E-state index contributed by atoms with van der Waals surface area (Å²) >= 11 is 0. The van der Waals surface area contributed by atoms with Crippen LogP contribution in [0.25, 0.3) is 16.9 Å². The third-order valence-corrected chi connectivity index (χ3v) is 3.04. The molecule has 0 amide bonds. The SMILES string of the molecule is COc1c(-n2cc(-c3ccc(N)cc3)cn2)nc[nH]c1=O. The van der Waals surface area contributed by atoms with Crippen molar-refractivity contribution in [2.45, 2.75) is 0 Å². The second-order valence-electron chi connectivity index (χ2n) is 4.38. The molecule has 21 heavy (non-hydrogen) atoms. The third kappa shape index (κ3) is 2.36. The summed E-state index contributed by atoms with van der Waals surface area (Å²) in [5.41, 5.74) is 7.87. The van der Waals surface area contributed by atoms with Gasteiger partial charge >= 0.3 is 0 Å². The predicted octanol–water partition coefficient (Wildman–Crippen LogP) is 1.21. The van der Waals surface area contributed by atoms with Gasteiger partial charge in [0.1, 0.15) is 0 Å².